The zero-order chi connectivity index (χ0) is 23.4. The fraction of sp³-hybridized carbons (Fsp3) is 0.0800. The van der Waals surface area contributed by atoms with Crippen LogP contribution in [0.3, 0.4) is 0 Å². The number of ether oxygens (including phenoxy) is 3. The molecule has 0 bridgehead atoms. The first kappa shape index (κ1) is 22.1. The molecule has 0 saturated heterocycles. The number of carbonyl (C=O) groups excluding carboxylic acids is 2. The summed E-state index contributed by atoms with van der Waals surface area (Å²) in [6.07, 6.45) is 1.25. The first-order valence-electron chi connectivity index (χ1n) is 9.80. The standard InChI is InChI=1S/C25H17ClO7/c1-30-25(29)16-4-8-18(9-5-16)32-22-14-31-21-13-19(10-11-20(21)24(22)28)33-23(27)12-15-2-6-17(26)7-3-15/h2-11,13-14H,12H2,1H3. The van der Waals surface area contributed by atoms with Crippen molar-refractivity contribution in [3.63, 3.8) is 0 Å². The molecule has 3 aromatic carbocycles. The molecule has 33 heavy (non-hydrogen) atoms. The molecule has 0 spiro atoms. The Morgan fingerprint density at radius 3 is 2.33 bits per heavy atom. The average Bonchev–Trinajstić information content (AvgIpc) is 2.82. The summed E-state index contributed by atoms with van der Waals surface area (Å²) >= 11 is 5.85. The molecule has 0 aliphatic rings. The lowest BCUT2D eigenvalue weighted by atomic mass is 10.1. The van der Waals surface area contributed by atoms with Gasteiger partial charge in [0.05, 0.1) is 24.5 Å². The molecule has 0 atom stereocenters. The molecule has 0 saturated carbocycles. The third-order valence-electron chi connectivity index (χ3n) is 4.71. The van der Waals surface area contributed by atoms with Gasteiger partial charge < -0.3 is 18.6 Å². The third kappa shape index (κ3) is 5.22. The van der Waals surface area contributed by atoms with Crippen LogP contribution in [0.4, 0.5) is 0 Å². The molecular weight excluding hydrogens is 448 g/mol. The van der Waals surface area contributed by atoms with Crippen molar-refractivity contribution in [3.8, 4) is 17.2 Å². The Balaban J connectivity index is 1.49. The van der Waals surface area contributed by atoms with Crippen molar-refractivity contribution < 1.29 is 28.2 Å². The maximum Gasteiger partial charge on any atom is 0.337 e. The number of methoxy groups -OCH3 is 1. The van der Waals surface area contributed by atoms with E-state index in [-0.39, 0.29) is 28.9 Å². The number of benzene rings is 3. The van der Waals surface area contributed by atoms with Gasteiger partial charge in [0.2, 0.25) is 11.2 Å². The van der Waals surface area contributed by atoms with E-state index in [9.17, 15) is 14.4 Å². The van der Waals surface area contributed by atoms with E-state index in [0.717, 1.165) is 5.56 Å². The van der Waals surface area contributed by atoms with Crippen LogP contribution in [-0.2, 0) is 16.0 Å². The van der Waals surface area contributed by atoms with E-state index in [1.165, 1.54) is 43.7 Å². The van der Waals surface area contributed by atoms with Crippen LogP contribution in [-0.4, -0.2) is 19.0 Å². The molecule has 4 rings (SSSR count). The van der Waals surface area contributed by atoms with Gasteiger partial charge in [-0.25, -0.2) is 4.79 Å². The van der Waals surface area contributed by atoms with Crippen LogP contribution in [0.5, 0.6) is 17.2 Å². The van der Waals surface area contributed by atoms with Crippen LogP contribution in [0, 0.1) is 0 Å². The molecule has 8 heteroatoms. The van der Waals surface area contributed by atoms with Gasteiger partial charge in [-0.1, -0.05) is 23.7 Å². The molecule has 166 valence electrons. The van der Waals surface area contributed by atoms with Crippen molar-refractivity contribution in [1.82, 2.24) is 0 Å². The topological polar surface area (TPSA) is 92.0 Å². The Kier molecular flexibility index (Phi) is 6.42. The second kappa shape index (κ2) is 9.58. The molecule has 1 aromatic heterocycles. The minimum Gasteiger partial charge on any atom is -0.465 e. The van der Waals surface area contributed by atoms with Crippen LogP contribution in [0.2, 0.25) is 5.02 Å². The van der Waals surface area contributed by atoms with Crippen molar-refractivity contribution >= 4 is 34.5 Å². The lowest BCUT2D eigenvalue weighted by Gasteiger charge is -2.08. The van der Waals surface area contributed by atoms with E-state index in [1.54, 1.807) is 36.4 Å². The summed E-state index contributed by atoms with van der Waals surface area (Å²) in [5, 5.41) is 0.842. The van der Waals surface area contributed by atoms with Gasteiger partial charge in [-0.3, -0.25) is 9.59 Å². The van der Waals surface area contributed by atoms with Gasteiger partial charge >= 0.3 is 11.9 Å². The van der Waals surface area contributed by atoms with Gasteiger partial charge in [0.25, 0.3) is 0 Å². The van der Waals surface area contributed by atoms with E-state index < -0.39 is 17.4 Å². The molecule has 4 aromatic rings. The van der Waals surface area contributed by atoms with Crippen LogP contribution >= 0.6 is 11.6 Å². The second-order valence-corrected chi connectivity index (χ2v) is 7.42. The zero-order valence-electron chi connectivity index (χ0n) is 17.4. The van der Waals surface area contributed by atoms with E-state index in [2.05, 4.69) is 4.74 Å². The first-order chi connectivity index (χ1) is 15.9. The first-order valence-corrected chi connectivity index (χ1v) is 10.2. The quantitative estimate of drug-likeness (QED) is 0.287. The largest absolute Gasteiger partial charge is 0.465 e. The lowest BCUT2D eigenvalue weighted by molar-refractivity contribution is -0.133. The Bertz CT molecular complexity index is 1370. The number of carbonyl (C=O) groups is 2. The van der Waals surface area contributed by atoms with Crippen molar-refractivity contribution in [2.75, 3.05) is 7.11 Å². The number of esters is 2. The summed E-state index contributed by atoms with van der Waals surface area (Å²) in [4.78, 5) is 36.5. The zero-order valence-corrected chi connectivity index (χ0v) is 18.1. The summed E-state index contributed by atoms with van der Waals surface area (Å²) in [6, 6.07) is 17.5. The third-order valence-corrected chi connectivity index (χ3v) is 4.96. The molecule has 0 amide bonds. The van der Waals surface area contributed by atoms with Crippen LogP contribution in [0.15, 0.2) is 82.2 Å². The van der Waals surface area contributed by atoms with E-state index in [1.807, 2.05) is 0 Å². The predicted octanol–water partition coefficient (Wildman–Crippen LogP) is 5.17. The summed E-state index contributed by atoms with van der Waals surface area (Å²) in [5.74, 6) is -0.370. The second-order valence-electron chi connectivity index (χ2n) is 6.98. The SMILES string of the molecule is COC(=O)c1ccc(Oc2coc3cc(OC(=O)Cc4ccc(Cl)cc4)ccc3c2=O)cc1. The van der Waals surface area contributed by atoms with Crippen molar-refractivity contribution in [2.45, 2.75) is 6.42 Å². The number of rotatable bonds is 6. The normalized spacial score (nSPS) is 10.6. The Morgan fingerprint density at radius 1 is 0.939 bits per heavy atom. The number of fused-ring (bicyclic) bond motifs is 1. The number of halogens is 1. The highest BCUT2D eigenvalue weighted by atomic mass is 35.5. The van der Waals surface area contributed by atoms with Gasteiger partial charge in [0.1, 0.15) is 23.3 Å². The summed E-state index contributed by atoms with van der Waals surface area (Å²) in [7, 11) is 1.29. The smallest absolute Gasteiger partial charge is 0.337 e. The molecule has 0 radical (unpaired) electrons. The van der Waals surface area contributed by atoms with Gasteiger partial charge in [0.15, 0.2) is 0 Å². The summed E-state index contributed by atoms with van der Waals surface area (Å²) in [5.41, 5.74) is 0.962. The molecule has 0 fully saturated rings. The van der Waals surface area contributed by atoms with Gasteiger partial charge in [0, 0.05) is 11.1 Å². The monoisotopic (exact) mass is 464 g/mol. The molecule has 0 N–H and O–H groups in total. The predicted molar refractivity (Wildman–Crippen MR) is 121 cm³/mol. The molecule has 0 aliphatic carbocycles. The van der Waals surface area contributed by atoms with Crippen molar-refractivity contribution in [1.29, 1.82) is 0 Å². The van der Waals surface area contributed by atoms with Gasteiger partial charge in [-0.15, -0.1) is 0 Å². The highest BCUT2D eigenvalue weighted by Crippen LogP contribution is 2.25. The molecular formula is C25H17ClO7. The minimum absolute atomic E-state index is 0.0270. The highest BCUT2D eigenvalue weighted by Gasteiger charge is 2.13. The molecule has 0 aliphatic heterocycles. The number of hydrogen-bond acceptors (Lipinski definition) is 7. The lowest BCUT2D eigenvalue weighted by Crippen LogP contribution is -2.11. The van der Waals surface area contributed by atoms with E-state index in [0.29, 0.717) is 16.3 Å². The van der Waals surface area contributed by atoms with E-state index in [4.69, 9.17) is 25.5 Å². The fourth-order valence-corrected chi connectivity index (χ4v) is 3.19. The molecule has 0 unspecified atom stereocenters. The van der Waals surface area contributed by atoms with Crippen LogP contribution in [0.1, 0.15) is 15.9 Å². The highest BCUT2D eigenvalue weighted by molar-refractivity contribution is 6.30. The maximum absolute atomic E-state index is 12.8. The van der Waals surface area contributed by atoms with Crippen molar-refractivity contribution in [3.05, 3.63) is 99.4 Å². The molecule has 7 nitrogen and oxygen atoms in total. The maximum atomic E-state index is 12.8. The Morgan fingerprint density at radius 2 is 1.64 bits per heavy atom. The number of hydrogen-bond donors (Lipinski definition) is 0. The summed E-state index contributed by atoms with van der Waals surface area (Å²) in [6.45, 7) is 0. The van der Waals surface area contributed by atoms with E-state index >= 15 is 0 Å². The average molecular weight is 465 g/mol. The van der Waals surface area contributed by atoms with Gasteiger partial charge in [-0.05, 0) is 54.1 Å². The Hall–Kier alpha value is -4.10. The van der Waals surface area contributed by atoms with Crippen LogP contribution in [0.25, 0.3) is 11.0 Å². The fourth-order valence-electron chi connectivity index (χ4n) is 3.07. The molecule has 1 heterocycles. The Labute approximate surface area is 193 Å². The minimum atomic E-state index is -0.476. The van der Waals surface area contributed by atoms with Crippen LogP contribution < -0.4 is 14.9 Å². The van der Waals surface area contributed by atoms with Crippen molar-refractivity contribution in [2.24, 2.45) is 0 Å². The summed E-state index contributed by atoms with van der Waals surface area (Å²) < 4.78 is 21.1. The van der Waals surface area contributed by atoms with Gasteiger partial charge in [-0.2, -0.15) is 0 Å².